The minimum atomic E-state index is -0.403. The normalized spacial score (nSPS) is 13.8. The Morgan fingerprint density at radius 2 is 1.83 bits per heavy atom. The third-order valence-electron chi connectivity index (χ3n) is 7.13. The largest absolute Gasteiger partial charge is 0.492 e. The van der Waals surface area contributed by atoms with Gasteiger partial charge in [-0.05, 0) is 43.9 Å². The first-order valence-electron chi connectivity index (χ1n) is 13.5. The molecule has 0 aliphatic carbocycles. The lowest BCUT2D eigenvalue weighted by atomic mass is 10.1. The second-order valence-corrected chi connectivity index (χ2v) is 10.6. The molecule has 5 aromatic heterocycles. The molecule has 12 nitrogen and oxygen atoms in total. The number of anilines is 1. The van der Waals surface area contributed by atoms with Crippen molar-refractivity contribution in [3.8, 4) is 39.8 Å². The number of rotatable bonds is 8. The molecule has 1 aliphatic rings. The minimum Gasteiger partial charge on any atom is -0.492 e. The zero-order valence-corrected chi connectivity index (χ0v) is 23.0. The van der Waals surface area contributed by atoms with Crippen molar-refractivity contribution in [2.24, 2.45) is 5.73 Å². The van der Waals surface area contributed by atoms with Crippen LogP contribution in [0, 0.1) is 5.82 Å². The zero-order chi connectivity index (χ0) is 28.8. The summed E-state index contributed by atoms with van der Waals surface area (Å²) >= 11 is 0. The van der Waals surface area contributed by atoms with Crippen LogP contribution in [0.4, 0.5) is 10.2 Å². The molecule has 1 aromatic carbocycles. The first kappa shape index (κ1) is 25.9. The molecular weight excluding hydrogens is 537 g/mol. The molecule has 42 heavy (non-hydrogen) atoms. The Hall–Kier alpha value is -5.01. The molecule has 0 bridgehead atoms. The summed E-state index contributed by atoms with van der Waals surface area (Å²) < 4.78 is 20.4. The van der Waals surface area contributed by atoms with Crippen LogP contribution >= 0.6 is 0 Å². The molecule has 6 aromatic rings. The number of ether oxygens (including phenoxy) is 1. The van der Waals surface area contributed by atoms with Crippen molar-refractivity contribution in [2.45, 2.75) is 6.04 Å². The van der Waals surface area contributed by atoms with Gasteiger partial charge in [0.25, 0.3) is 0 Å². The number of nitrogens with one attached hydrogen (secondary N) is 2. The van der Waals surface area contributed by atoms with Gasteiger partial charge in [-0.2, -0.15) is 5.10 Å². The standard InChI is InChI=1S/C29H28FN11O/c1-40(2)5-6-42-19-8-16(7-17(30)9-19)20-10-32-12-24-26(20)37-29(36-24)28-27-22(38-39-28)4-3-21(35-27)23-11-33-13-25(34-23)41-14-18(31)15-41/h3-4,7-13,18H,5-6,14-15,31H2,1-2H3,(H,36,37)(H,38,39). The van der Waals surface area contributed by atoms with E-state index >= 15 is 0 Å². The van der Waals surface area contributed by atoms with Crippen LogP contribution < -0.4 is 15.4 Å². The van der Waals surface area contributed by atoms with Crippen molar-refractivity contribution < 1.29 is 9.13 Å². The molecule has 1 aliphatic heterocycles. The van der Waals surface area contributed by atoms with E-state index in [2.05, 4.69) is 30.0 Å². The van der Waals surface area contributed by atoms with Gasteiger partial charge in [-0.3, -0.25) is 15.1 Å². The highest BCUT2D eigenvalue weighted by atomic mass is 19.1. The van der Waals surface area contributed by atoms with E-state index in [0.717, 1.165) is 24.4 Å². The second kappa shape index (κ2) is 10.4. The van der Waals surface area contributed by atoms with Crippen LogP contribution in [0.2, 0.25) is 0 Å². The third-order valence-corrected chi connectivity index (χ3v) is 7.13. The second-order valence-electron chi connectivity index (χ2n) is 10.6. The maximum Gasteiger partial charge on any atom is 0.161 e. The van der Waals surface area contributed by atoms with Gasteiger partial charge < -0.3 is 25.3 Å². The maximum atomic E-state index is 14.6. The fraction of sp³-hybridized carbons (Fsp3) is 0.241. The molecule has 7 rings (SSSR count). The summed E-state index contributed by atoms with van der Waals surface area (Å²) in [4.78, 5) is 30.6. The Bertz CT molecular complexity index is 1910. The lowest BCUT2D eigenvalue weighted by Crippen LogP contribution is -2.56. The van der Waals surface area contributed by atoms with Crippen molar-refractivity contribution >= 4 is 27.9 Å². The lowest BCUT2D eigenvalue weighted by molar-refractivity contribution is 0.260. The number of pyridine rings is 2. The number of nitrogens with two attached hydrogens (primary N) is 1. The Morgan fingerprint density at radius 1 is 0.976 bits per heavy atom. The van der Waals surface area contributed by atoms with E-state index < -0.39 is 5.82 Å². The van der Waals surface area contributed by atoms with Gasteiger partial charge in [-0.15, -0.1) is 0 Å². The Balaban J connectivity index is 1.24. The minimum absolute atomic E-state index is 0.155. The molecule has 0 amide bonds. The summed E-state index contributed by atoms with van der Waals surface area (Å²) in [5.74, 6) is 1.31. The molecule has 0 unspecified atom stereocenters. The van der Waals surface area contributed by atoms with Gasteiger partial charge in [-0.1, -0.05) is 0 Å². The predicted molar refractivity (Wildman–Crippen MR) is 157 cm³/mol. The van der Waals surface area contributed by atoms with Gasteiger partial charge in [-0.25, -0.2) is 19.3 Å². The van der Waals surface area contributed by atoms with E-state index in [1.54, 1.807) is 30.9 Å². The van der Waals surface area contributed by atoms with Crippen molar-refractivity contribution in [1.29, 1.82) is 0 Å². The Morgan fingerprint density at radius 3 is 2.67 bits per heavy atom. The molecule has 0 spiro atoms. The van der Waals surface area contributed by atoms with Crippen molar-refractivity contribution in [1.82, 2.24) is 45.0 Å². The van der Waals surface area contributed by atoms with Gasteiger partial charge >= 0.3 is 0 Å². The summed E-state index contributed by atoms with van der Waals surface area (Å²) in [7, 11) is 3.91. The number of hydrogen-bond donors (Lipinski definition) is 3. The monoisotopic (exact) mass is 565 g/mol. The number of imidazole rings is 1. The van der Waals surface area contributed by atoms with E-state index in [4.69, 9.17) is 25.4 Å². The highest BCUT2D eigenvalue weighted by molar-refractivity contribution is 5.95. The van der Waals surface area contributed by atoms with Crippen LogP contribution in [0.1, 0.15) is 0 Å². The smallest absolute Gasteiger partial charge is 0.161 e. The van der Waals surface area contributed by atoms with Crippen LogP contribution in [0.5, 0.6) is 5.75 Å². The van der Waals surface area contributed by atoms with Crippen LogP contribution in [0.25, 0.3) is 56.1 Å². The predicted octanol–water partition coefficient (Wildman–Crippen LogP) is 3.25. The summed E-state index contributed by atoms with van der Waals surface area (Å²) in [5, 5.41) is 7.54. The summed E-state index contributed by atoms with van der Waals surface area (Å²) in [6, 6.07) is 8.56. The molecule has 1 fully saturated rings. The van der Waals surface area contributed by atoms with Gasteiger partial charge in [0, 0.05) is 43.5 Å². The quantitative estimate of drug-likeness (QED) is 0.251. The van der Waals surface area contributed by atoms with Gasteiger partial charge in [0.15, 0.2) is 11.5 Å². The molecule has 4 N–H and O–H groups in total. The zero-order valence-electron chi connectivity index (χ0n) is 23.0. The molecule has 6 heterocycles. The van der Waals surface area contributed by atoms with Crippen LogP contribution in [0.15, 0.2) is 55.1 Å². The summed E-state index contributed by atoms with van der Waals surface area (Å²) in [6.07, 6.45) is 6.77. The van der Waals surface area contributed by atoms with Crippen LogP contribution in [0.3, 0.4) is 0 Å². The summed E-state index contributed by atoms with van der Waals surface area (Å²) in [5.41, 5.74) is 11.7. The highest BCUT2D eigenvalue weighted by Gasteiger charge is 2.25. The summed E-state index contributed by atoms with van der Waals surface area (Å²) in [6.45, 7) is 2.65. The SMILES string of the molecule is CN(C)CCOc1cc(F)cc(-c2cncc3[nH]c(-c4n[nH]c5ccc(-c6cncc(N7CC(N)C7)n6)nc45)nc23)c1. The van der Waals surface area contributed by atoms with Crippen LogP contribution in [-0.2, 0) is 0 Å². The molecule has 0 saturated carbocycles. The van der Waals surface area contributed by atoms with E-state index in [-0.39, 0.29) is 6.04 Å². The van der Waals surface area contributed by atoms with Crippen molar-refractivity contribution in [3.05, 3.63) is 60.9 Å². The number of halogens is 1. The molecule has 1 saturated heterocycles. The van der Waals surface area contributed by atoms with Gasteiger partial charge in [0.2, 0.25) is 0 Å². The molecule has 212 valence electrons. The van der Waals surface area contributed by atoms with Crippen molar-refractivity contribution in [3.63, 3.8) is 0 Å². The first-order chi connectivity index (χ1) is 20.4. The molecule has 13 heteroatoms. The van der Waals surface area contributed by atoms with E-state index in [9.17, 15) is 4.39 Å². The molecule has 0 atom stereocenters. The number of aromatic amines is 2. The Labute approximate surface area is 239 Å². The molecular formula is C29H28FN11O. The van der Waals surface area contributed by atoms with Crippen LogP contribution in [-0.4, -0.2) is 91.4 Å². The molecule has 0 radical (unpaired) electrons. The number of fused-ring (bicyclic) bond motifs is 2. The number of hydrogen-bond acceptors (Lipinski definition) is 10. The number of likely N-dealkylation sites (N-methyl/N-ethyl adjacent to an activating group) is 1. The number of nitrogens with zero attached hydrogens (tertiary/aromatic N) is 8. The maximum absolute atomic E-state index is 14.6. The van der Waals surface area contributed by atoms with Crippen molar-refractivity contribution in [2.75, 3.05) is 45.2 Å². The van der Waals surface area contributed by atoms with Gasteiger partial charge in [0.05, 0.1) is 40.8 Å². The highest BCUT2D eigenvalue weighted by Crippen LogP contribution is 2.33. The number of aromatic nitrogens is 8. The average molecular weight is 566 g/mol. The van der Waals surface area contributed by atoms with E-state index in [1.165, 1.54) is 12.1 Å². The fourth-order valence-corrected chi connectivity index (χ4v) is 4.94. The average Bonchev–Trinajstić information content (AvgIpc) is 3.59. The van der Waals surface area contributed by atoms with E-state index in [1.807, 2.05) is 31.1 Å². The Kier molecular flexibility index (Phi) is 6.44. The fourth-order valence-electron chi connectivity index (χ4n) is 4.94. The first-order valence-corrected chi connectivity index (χ1v) is 13.5. The lowest BCUT2D eigenvalue weighted by Gasteiger charge is -2.37. The van der Waals surface area contributed by atoms with Gasteiger partial charge in [0.1, 0.15) is 35.2 Å². The number of benzene rings is 1. The third kappa shape index (κ3) is 4.88. The topological polar surface area (TPSA) is 151 Å². The number of H-pyrrole nitrogens is 2. The van der Waals surface area contributed by atoms with E-state index in [0.29, 0.717) is 69.5 Å².